The van der Waals surface area contributed by atoms with Gasteiger partial charge in [-0.05, 0) is 36.8 Å². The maximum Gasteiger partial charge on any atom is 0.314 e. The number of aromatic nitrogens is 3. The van der Waals surface area contributed by atoms with Crippen molar-refractivity contribution in [2.75, 3.05) is 14.2 Å². The summed E-state index contributed by atoms with van der Waals surface area (Å²) in [7, 11) is 2.84. The van der Waals surface area contributed by atoms with Gasteiger partial charge in [0, 0.05) is 11.1 Å². The predicted octanol–water partition coefficient (Wildman–Crippen LogP) is 5.11. The van der Waals surface area contributed by atoms with Gasteiger partial charge in [-0.1, -0.05) is 17.7 Å². The van der Waals surface area contributed by atoms with E-state index < -0.39 is 4.92 Å². The number of benzene rings is 2. The Morgan fingerprint density at radius 2 is 2.03 bits per heavy atom. The normalized spacial score (nSPS) is 10.8. The molecule has 3 aromatic rings. The van der Waals surface area contributed by atoms with Gasteiger partial charge in [0.15, 0.2) is 10.5 Å². The molecule has 1 aromatic heterocycles. The van der Waals surface area contributed by atoms with Crippen LogP contribution in [0.4, 0.5) is 5.69 Å². The third-order valence-electron chi connectivity index (χ3n) is 4.24. The van der Waals surface area contributed by atoms with Crippen LogP contribution in [-0.2, 0) is 5.75 Å². The van der Waals surface area contributed by atoms with E-state index in [9.17, 15) is 10.1 Å². The zero-order chi connectivity index (χ0) is 21.1. The smallest absolute Gasteiger partial charge is 0.314 e. The first kappa shape index (κ1) is 21.2. The van der Waals surface area contributed by atoms with Gasteiger partial charge in [-0.25, -0.2) is 0 Å². The monoisotopic (exact) mass is 452 g/mol. The van der Waals surface area contributed by atoms with E-state index in [4.69, 9.17) is 33.3 Å². The molecule has 0 atom stereocenters. The number of nitro benzene ring substituents is 1. The third kappa shape index (κ3) is 4.24. The van der Waals surface area contributed by atoms with Crippen LogP contribution in [0.3, 0.4) is 0 Å². The van der Waals surface area contributed by atoms with E-state index in [0.29, 0.717) is 32.0 Å². The molecule has 0 bridgehead atoms. The topological polar surface area (TPSA) is 95.2 Å². The number of hydrogen-bond acceptors (Lipinski definition) is 7. The molecule has 2 aromatic carbocycles. The van der Waals surface area contributed by atoms with Crippen LogP contribution >= 0.6 is 35.6 Å². The van der Waals surface area contributed by atoms with Gasteiger partial charge in [-0.2, -0.15) is 5.10 Å². The summed E-state index contributed by atoms with van der Waals surface area (Å²) in [5.41, 5.74) is 1.55. The zero-order valence-electron chi connectivity index (χ0n) is 15.8. The summed E-state index contributed by atoms with van der Waals surface area (Å²) >= 11 is 13.0. The van der Waals surface area contributed by atoms with Gasteiger partial charge in [0.1, 0.15) is 11.6 Å². The van der Waals surface area contributed by atoms with E-state index in [1.807, 2.05) is 29.7 Å². The molecule has 0 saturated carbocycles. The molecule has 1 N–H and O–H groups in total. The van der Waals surface area contributed by atoms with Gasteiger partial charge in [0.25, 0.3) is 0 Å². The molecule has 1 heterocycles. The van der Waals surface area contributed by atoms with Crippen molar-refractivity contribution in [1.29, 1.82) is 0 Å². The second-order valence-electron chi connectivity index (χ2n) is 5.89. The SMILES string of the molecule is COc1cc([N+](=O)[O-])c(OC)cc1SCc1n[nH]c(=S)n1-c1cccc(Cl)c1C. The van der Waals surface area contributed by atoms with Gasteiger partial charge in [-0.15, -0.1) is 11.8 Å². The Morgan fingerprint density at radius 1 is 1.31 bits per heavy atom. The fourth-order valence-corrected chi connectivity index (χ4v) is 4.14. The van der Waals surface area contributed by atoms with Crippen molar-refractivity contribution < 1.29 is 14.4 Å². The molecule has 3 rings (SSSR count). The van der Waals surface area contributed by atoms with E-state index in [-0.39, 0.29) is 11.4 Å². The van der Waals surface area contributed by atoms with Crippen molar-refractivity contribution in [1.82, 2.24) is 14.8 Å². The van der Waals surface area contributed by atoms with E-state index in [1.165, 1.54) is 32.0 Å². The predicted molar refractivity (Wildman–Crippen MR) is 114 cm³/mol. The number of rotatable bonds is 7. The second-order valence-corrected chi connectivity index (χ2v) is 7.70. The lowest BCUT2D eigenvalue weighted by atomic mass is 10.2. The molecule has 0 aliphatic carbocycles. The zero-order valence-corrected chi connectivity index (χ0v) is 18.2. The Labute approximate surface area is 180 Å². The van der Waals surface area contributed by atoms with Crippen LogP contribution in [0.15, 0.2) is 35.2 Å². The first-order chi connectivity index (χ1) is 13.9. The fraction of sp³-hybridized carbons (Fsp3) is 0.222. The van der Waals surface area contributed by atoms with Crippen molar-refractivity contribution >= 4 is 41.3 Å². The van der Waals surface area contributed by atoms with Gasteiger partial charge in [0.05, 0.1) is 41.5 Å². The number of nitro groups is 1. The standard InChI is InChI=1S/C18H17ClN4O4S2/c1-10-11(19)5-4-6-12(10)22-17(20-21-18(22)28)9-29-16-8-14(26-2)13(23(24)25)7-15(16)27-3/h4-8H,9H2,1-3H3,(H,21,28). The van der Waals surface area contributed by atoms with E-state index >= 15 is 0 Å². The minimum atomic E-state index is -0.511. The van der Waals surface area contributed by atoms with Crippen molar-refractivity contribution in [3.05, 3.63) is 61.6 Å². The Balaban J connectivity index is 1.97. The van der Waals surface area contributed by atoms with Crippen molar-refractivity contribution in [3.63, 3.8) is 0 Å². The highest BCUT2D eigenvalue weighted by Crippen LogP contribution is 2.40. The van der Waals surface area contributed by atoms with Gasteiger partial charge in [0.2, 0.25) is 0 Å². The number of thioether (sulfide) groups is 1. The summed E-state index contributed by atoms with van der Waals surface area (Å²) in [6.45, 7) is 1.91. The van der Waals surface area contributed by atoms with Gasteiger partial charge >= 0.3 is 5.69 Å². The molecular formula is C18H17ClN4O4S2. The molecule has 0 unspecified atom stereocenters. The van der Waals surface area contributed by atoms with E-state index in [0.717, 1.165) is 11.3 Å². The van der Waals surface area contributed by atoms with Crippen LogP contribution in [0, 0.1) is 21.8 Å². The van der Waals surface area contributed by atoms with E-state index in [2.05, 4.69) is 10.2 Å². The second kappa shape index (κ2) is 8.85. The van der Waals surface area contributed by atoms with Crippen LogP contribution in [0.2, 0.25) is 5.02 Å². The summed E-state index contributed by atoms with van der Waals surface area (Å²) in [5, 5.41) is 19.0. The number of nitrogens with one attached hydrogen (secondary N) is 1. The largest absolute Gasteiger partial charge is 0.495 e. The lowest BCUT2D eigenvalue weighted by Gasteiger charge is -2.12. The highest BCUT2D eigenvalue weighted by Gasteiger charge is 2.21. The summed E-state index contributed by atoms with van der Waals surface area (Å²) in [6.07, 6.45) is 0. The Kier molecular flexibility index (Phi) is 6.46. The molecule has 0 spiro atoms. The number of methoxy groups -OCH3 is 2. The number of aromatic amines is 1. The quantitative estimate of drug-likeness (QED) is 0.230. The average molecular weight is 453 g/mol. The molecule has 152 valence electrons. The Bertz CT molecular complexity index is 1130. The number of H-pyrrole nitrogens is 1. The molecule has 0 saturated heterocycles. The number of halogens is 1. The lowest BCUT2D eigenvalue weighted by molar-refractivity contribution is -0.385. The highest BCUT2D eigenvalue weighted by atomic mass is 35.5. The van der Waals surface area contributed by atoms with Crippen LogP contribution in [0.5, 0.6) is 11.5 Å². The Morgan fingerprint density at radius 3 is 2.69 bits per heavy atom. The summed E-state index contributed by atoms with van der Waals surface area (Å²) in [6, 6.07) is 8.50. The van der Waals surface area contributed by atoms with Crippen LogP contribution in [0.1, 0.15) is 11.4 Å². The molecule has 0 fully saturated rings. The van der Waals surface area contributed by atoms with Crippen molar-refractivity contribution in [2.45, 2.75) is 17.6 Å². The molecule has 8 nitrogen and oxygen atoms in total. The summed E-state index contributed by atoms with van der Waals surface area (Å²) < 4.78 is 12.7. The van der Waals surface area contributed by atoms with Crippen LogP contribution < -0.4 is 9.47 Å². The number of nitrogens with zero attached hydrogens (tertiary/aromatic N) is 3. The maximum atomic E-state index is 11.2. The molecule has 0 radical (unpaired) electrons. The summed E-state index contributed by atoms with van der Waals surface area (Å²) in [4.78, 5) is 11.4. The lowest BCUT2D eigenvalue weighted by Crippen LogP contribution is -2.03. The molecule has 11 heteroatoms. The van der Waals surface area contributed by atoms with Crippen molar-refractivity contribution in [2.24, 2.45) is 0 Å². The first-order valence-corrected chi connectivity index (χ1v) is 10.1. The average Bonchev–Trinajstić information content (AvgIpc) is 3.07. The molecular weight excluding hydrogens is 436 g/mol. The maximum absolute atomic E-state index is 11.2. The van der Waals surface area contributed by atoms with Crippen LogP contribution in [-0.4, -0.2) is 33.9 Å². The molecule has 0 amide bonds. The minimum Gasteiger partial charge on any atom is -0.495 e. The molecule has 0 aliphatic rings. The minimum absolute atomic E-state index is 0.155. The van der Waals surface area contributed by atoms with Gasteiger partial charge in [-0.3, -0.25) is 19.8 Å². The van der Waals surface area contributed by atoms with Crippen LogP contribution in [0.25, 0.3) is 5.69 Å². The summed E-state index contributed by atoms with van der Waals surface area (Å²) in [5.74, 6) is 1.63. The Hall–Kier alpha value is -2.56. The van der Waals surface area contributed by atoms with E-state index in [1.54, 1.807) is 6.07 Å². The molecule has 0 aliphatic heterocycles. The highest BCUT2D eigenvalue weighted by molar-refractivity contribution is 7.98. The molecule has 29 heavy (non-hydrogen) atoms. The first-order valence-electron chi connectivity index (χ1n) is 8.32. The number of hydrogen-bond donors (Lipinski definition) is 1. The third-order valence-corrected chi connectivity index (χ3v) is 5.96. The van der Waals surface area contributed by atoms with Gasteiger partial charge < -0.3 is 9.47 Å². The van der Waals surface area contributed by atoms with Crippen molar-refractivity contribution in [3.8, 4) is 17.2 Å². The number of ether oxygens (including phenoxy) is 2. The fourth-order valence-electron chi connectivity index (χ4n) is 2.76.